The van der Waals surface area contributed by atoms with E-state index in [-0.39, 0.29) is 46.8 Å². The first-order valence-electron chi connectivity index (χ1n) is 11.6. The first-order valence-corrected chi connectivity index (χ1v) is 11.6. The third kappa shape index (κ3) is 1.43. The summed E-state index contributed by atoms with van der Waals surface area (Å²) in [7, 11) is 0. The molecule has 7 rings (SSSR count). The van der Waals surface area contributed by atoms with Gasteiger partial charge in [-0.15, -0.1) is 0 Å². The second-order valence-electron chi connectivity index (χ2n) is 11.7. The maximum absolute atomic E-state index is 13.7. The van der Waals surface area contributed by atoms with Gasteiger partial charge < -0.3 is 9.47 Å². The Labute approximate surface area is 175 Å². The third-order valence-electron chi connectivity index (χ3n) is 11.4. The molecule has 0 amide bonds. The van der Waals surface area contributed by atoms with Crippen LogP contribution in [-0.4, -0.2) is 34.8 Å². The van der Waals surface area contributed by atoms with Crippen molar-refractivity contribution < 1.29 is 23.9 Å². The number of esters is 1. The van der Waals surface area contributed by atoms with E-state index in [0.29, 0.717) is 25.7 Å². The van der Waals surface area contributed by atoms with Gasteiger partial charge in [0.15, 0.2) is 0 Å². The zero-order valence-corrected chi connectivity index (χ0v) is 17.5. The standard InChI is InChI=1S/C24H27NO5/c1-20-10-15-24(29-15)17(13(20)3-7-23(20)8-5-16(27)30-23)12-9-22(11-25)18(19(12)28)14(26)4-6-21(22,24)2/h12-13,15,17-18H,3-10H2,1-2H3/t12-,13?,15-,17?,18?,20?,21?,22+,23-,24-/m1/s1. The van der Waals surface area contributed by atoms with E-state index in [0.717, 1.165) is 25.7 Å². The van der Waals surface area contributed by atoms with Crippen molar-refractivity contribution >= 4 is 17.5 Å². The molecule has 0 aromatic carbocycles. The van der Waals surface area contributed by atoms with E-state index in [4.69, 9.17) is 9.47 Å². The van der Waals surface area contributed by atoms with E-state index < -0.39 is 27.9 Å². The Morgan fingerprint density at radius 1 is 1.07 bits per heavy atom. The fourth-order valence-electron chi connectivity index (χ4n) is 10.1. The van der Waals surface area contributed by atoms with Crippen LogP contribution in [0.5, 0.6) is 0 Å². The van der Waals surface area contributed by atoms with E-state index in [2.05, 4.69) is 19.9 Å². The zero-order chi connectivity index (χ0) is 20.9. The number of ketones is 2. The molecule has 0 N–H and O–H groups in total. The monoisotopic (exact) mass is 409 g/mol. The number of carbonyl (C=O) groups is 3. The van der Waals surface area contributed by atoms with Crippen LogP contribution in [0.4, 0.5) is 0 Å². The number of Topliss-reactive ketones (excluding diaryl/α,β-unsaturated/α-hetero) is 2. The average molecular weight is 409 g/mol. The normalized spacial score (nSPS) is 61.9. The van der Waals surface area contributed by atoms with E-state index in [1.54, 1.807) is 0 Å². The topological polar surface area (TPSA) is 96.8 Å². The molecule has 30 heavy (non-hydrogen) atoms. The lowest BCUT2D eigenvalue weighted by molar-refractivity contribution is -0.174. The molecule has 5 unspecified atom stereocenters. The number of hydrogen-bond donors (Lipinski definition) is 0. The van der Waals surface area contributed by atoms with Crippen molar-refractivity contribution in [2.75, 3.05) is 0 Å². The SMILES string of the molecule is CC12C[C@H]3O[C@@]34C(C1CC[C@@]21CCC(=O)O1)[C@H]1C[C@]2(C#N)C(C(=O)CCC24C)C1=O. The lowest BCUT2D eigenvalue weighted by Crippen LogP contribution is -2.66. The minimum atomic E-state index is -0.917. The van der Waals surface area contributed by atoms with Gasteiger partial charge in [0.1, 0.15) is 22.8 Å². The van der Waals surface area contributed by atoms with Gasteiger partial charge in [-0.05, 0) is 44.4 Å². The second kappa shape index (κ2) is 4.70. The quantitative estimate of drug-likeness (QED) is 0.347. The number of nitrogens with zero attached hydrogens (tertiary/aromatic N) is 1. The highest BCUT2D eigenvalue weighted by Gasteiger charge is 2.90. The minimum absolute atomic E-state index is 0.00258. The number of carbonyl (C=O) groups excluding carboxylic acids is 3. The van der Waals surface area contributed by atoms with Crippen molar-refractivity contribution in [3.05, 3.63) is 0 Å². The second-order valence-corrected chi connectivity index (χ2v) is 11.7. The maximum atomic E-state index is 13.7. The number of rotatable bonds is 0. The van der Waals surface area contributed by atoms with E-state index >= 15 is 0 Å². The molecular weight excluding hydrogens is 382 g/mol. The van der Waals surface area contributed by atoms with Crippen LogP contribution in [0.2, 0.25) is 0 Å². The van der Waals surface area contributed by atoms with Crippen molar-refractivity contribution in [2.24, 2.45) is 39.9 Å². The van der Waals surface area contributed by atoms with Crippen LogP contribution < -0.4 is 0 Å². The predicted octanol–water partition coefficient (Wildman–Crippen LogP) is 2.73. The van der Waals surface area contributed by atoms with Crippen LogP contribution >= 0.6 is 0 Å². The Balaban J connectivity index is 1.42. The highest BCUT2D eigenvalue weighted by molar-refractivity contribution is 6.08. The Hall–Kier alpha value is -1.74. The van der Waals surface area contributed by atoms with Crippen LogP contribution in [0.15, 0.2) is 0 Å². The van der Waals surface area contributed by atoms with Gasteiger partial charge in [-0.1, -0.05) is 13.8 Å². The molecule has 6 nitrogen and oxygen atoms in total. The molecule has 158 valence electrons. The highest BCUT2D eigenvalue weighted by atomic mass is 16.6. The van der Waals surface area contributed by atoms with Crippen molar-refractivity contribution in [3.8, 4) is 6.07 Å². The molecule has 2 saturated heterocycles. The molecule has 6 heteroatoms. The number of ether oxygens (including phenoxy) is 2. The van der Waals surface area contributed by atoms with E-state index in [1.807, 2.05) is 0 Å². The average Bonchev–Trinajstić information content (AvgIpc) is 3.01. The fourth-order valence-corrected chi connectivity index (χ4v) is 10.1. The molecule has 2 heterocycles. The summed E-state index contributed by atoms with van der Waals surface area (Å²) in [6.07, 6.45) is 5.30. The lowest BCUT2D eigenvalue weighted by Gasteiger charge is -2.60. The molecule has 0 aromatic heterocycles. The number of hydrogen-bond acceptors (Lipinski definition) is 6. The van der Waals surface area contributed by atoms with Crippen LogP contribution in [0.25, 0.3) is 0 Å². The van der Waals surface area contributed by atoms with Crippen molar-refractivity contribution in [3.63, 3.8) is 0 Å². The first-order chi connectivity index (χ1) is 14.2. The van der Waals surface area contributed by atoms with Crippen molar-refractivity contribution in [1.29, 1.82) is 5.26 Å². The van der Waals surface area contributed by atoms with Gasteiger partial charge >= 0.3 is 5.97 Å². The number of nitriles is 1. The van der Waals surface area contributed by atoms with Gasteiger partial charge in [0, 0.05) is 35.5 Å². The summed E-state index contributed by atoms with van der Waals surface area (Å²) in [4.78, 5) is 38.7. The summed E-state index contributed by atoms with van der Waals surface area (Å²) in [6, 6.07) is 2.53. The van der Waals surface area contributed by atoms with Crippen molar-refractivity contribution in [2.45, 2.75) is 82.5 Å². The number of epoxide rings is 1. The molecule has 10 atom stereocenters. The smallest absolute Gasteiger partial charge is 0.306 e. The zero-order valence-electron chi connectivity index (χ0n) is 17.5. The van der Waals surface area contributed by atoms with E-state index in [9.17, 15) is 19.6 Å². The molecule has 7 fully saturated rings. The first kappa shape index (κ1) is 17.9. The summed E-state index contributed by atoms with van der Waals surface area (Å²) in [6.45, 7) is 4.39. The molecule has 2 spiro atoms. The molecule has 0 radical (unpaired) electrons. The molecule has 2 bridgehead atoms. The van der Waals surface area contributed by atoms with Gasteiger partial charge in [0.2, 0.25) is 0 Å². The Morgan fingerprint density at radius 3 is 2.57 bits per heavy atom. The van der Waals surface area contributed by atoms with Gasteiger partial charge in [-0.2, -0.15) is 5.26 Å². The van der Waals surface area contributed by atoms with Crippen LogP contribution in [0.1, 0.15) is 65.2 Å². The lowest BCUT2D eigenvalue weighted by atomic mass is 9.39. The maximum Gasteiger partial charge on any atom is 0.306 e. The summed E-state index contributed by atoms with van der Waals surface area (Å²) >= 11 is 0. The van der Waals surface area contributed by atoms with Crippen LogP contribution in [0, 0.1) is 51.2 Å². The van der Waals surface area contributed by atoms with Gasteiger partial charge in [0.05, 0.1) is 23.5 Å². The highest BCUT2D eigenvalue weighted by Crippen LogP contribution is 2.83. The molecule has 5 saturated carbocycles. The molecule has 0 aromatic rings. The van der Waals surface area contributed by atoms with Gasteiger partial charge in [-0.3, -0.25) is 14.4 Å². The fraction of sp³-hybridized carbons (Fsp3) is 0.833. The van der Waals surface area contributed by atoms with Gasteiger partial charge in [-0.25, -0.2) is 0 Å². The Kier molecular flexibility index (Phi) is 2.80. The molecule has 2 aliphatic heterocycles. The van der Waals surface area contributed by atoms with Crippen LogP contribution in [-0.2, 0) is 23.9 Å². The molecule has 5 aliphatic carbocycles. The summed E-state index contributed by atoms with van der Waals surface area (Å²) < 4.78 is 12.6. The van der Waals surface area contributed by atoms with Crippen molar-refractivity contribution in [1.82, 2.24) is 0 Å². The molecular formula is C24H27NO5. The minimum Gasteiger partial charge on any atom is -0.458 e. The summed E-state index contributed by atoms with van der Waals surface area (Å²) in [5.74, 6) is -0.966. The largest absolute Gasteiger partial charge is 0.458 e. The Bertz CT molecular complexity index is 1000. The Morgan fingerprint density at radius 2 is 1.87 bits per heavy atom. The van der Waals surface area contributed by atoms with E-state index in [1.165, 1.54) is 0 Å². The predicted molar refractivity (Wildman–Crippen MR) is 102 cm³/mol. The summed E-state index contributed by atoms with van der Waals surface area (Å²) in [5, 5.41) is 10.4. The third-order valence-corrected chi connectivity index (χ3v) is 11.4. The molecule has 7 aliphatic rings. The number of fused-ring (bicyclic) bond motifs is 5. The van der Waals surface area contributed by atoms with Crippen LogP contribution in [0.3, 0.4) is 0 Å². The summed E-state index contributed by atoms with van der Waals surface area (Å²) in [5.41, 5.74) is -2.52. The van der Waals surface area contributed by atoms with Gasteiger partial charge in [0.25, 0.3) is 0 Å².